The highest BCUT2D eigenvalue weighted by molar-refractivity contribution is 9.10. The summed E-state index contributed by atoms with van der Waals surface area (Å²) in [5.41, 5.74) is 2.62. The second-order valence-electron chi connectivity index (χ2n) is 4.74. The standard InChI is InChI=1S/C16H17BrFNO/c1-10-4-7-16(20-3)13(8-10)11(2)19-15-9-12(17)5-6-14(15)18/h4-9,11,19H,1-3H3. The third-order valence-electron chi connectivity index (χ3n) is 3.15. The third kappa shape index (κ3) is 3.31. The maximum Gasteiger partial charge on any atom is 0.146 e. The van der Waals surface area contributed by atoms with E-state index in [4.69, 9.17) is 4.74 Å². The number of hydrogen-bond donors (Lipinski definition) is 1. The van der Waals surface area contributed by atoms with E-state index in [0.717, 1.165) is 21.3 Å². The molecule has 2 aromatic carbocycles. The van der Waals surface area contributed by atoms with E-state index in [2.05, 4.69) is 21.2 Å². The summed E-state index contributed by atoms with van der Waals surface area (Å²) in [6.07, 6.45) is 0. The molecule has 20 heavy (non-hydrogen) atoms. The van der Waals surface area contributed by atoms with Crippen LogP contribution in [0.15, 0.2) is 40.9 Å². The van der Waals surface area contributed by atoms with Gasteiger partial charge in [0.15, 0.2) is 0 Å². The van der Waals surface area contributed by atoms with Gasteiger partial charge in [-0.3, -0.25) is 0 Å². The summed E-state index contributed by atoms with van der Waals surface area (Å²) in [5, 5.41) is 3.18. The third-order valence-corrected chi connectivity index (χ3v) is 3.65. The number of nitrogens with one attached hydrogen (secondary N) is 1. The molecular weight excluding hydrogens is 321 g/mol. The lowest BCUT2D eigenvalue weighted by atomic mass is 10.0. The molecule has 0 radical (unpaired) electrons. The number of rotatable bonds is 4. The Morgan fingerprint density at radius 1 is 1.20 bits per heavy atom. The largest absolute Gasteiger partial charge is 0.496 e. The number of halogens is 2. The normalized spacial score (nSPS) is 12.1. The molecule has 0 aliphatic carbocycles. The summed E-state index contributed by atoms with van der Waals surface area (Å²) in [6.45, 7) is 4.01. The van der Waals surface area contributed by atoms with Crippen molar-refractivity contribution in [1.82, 2.24) is 0 Å². The van der Waals surface area contributed by atoms with Crippen molar-refractivity contribution in [3.05, 3.63) is 57.8 Å². The average Bonchev–Trinajstić information content (AvgIpc) is 2.42. The molecule has 0 saturated heterocycles. The summed E-state index contributed by atoms with van der Waals surface area (Å²) in [4.78, 5) is 0. The van der Waals surface area contributed by atoms with Crippen molar-refractivity contribution in [2.75, 3.05) is 12.4 Å². The number of ether oxygens (including phenoxy) is 1. The zero-order valence-corrected chi connectivity index (χ0v) is 13.3. The lowest BCUT2D eigenvalue weighted by Crippen LogP contribution is -2.09. The first-order valence-corrected chi connectivity index (χ1v) is 7.16. The van der Waals surface area contributed by atoms with E-state index in [1.165, 1.54) is 6.07 Å². The fourth-order valence-electron chi connectivity index (χ4n) is 2.11. The highest BCUT2D eigenvalue weighted by atomic mass is 79.9. The molecule has 0 amide bonds. The first-order chi connectivity index (χ1) is 9.51. The summed E-state index contributed by atoms with van der Waals surface area (Å²) < 4.78 is 20.0. The van der Waals surface area contributed by atoms with Gasteiger partial charge in [0.05, 0.1) is 18.8 Å². The molecule has 2 rings (SSSR count). The van der Waals surface area contributed by atoms with E-state index in [1.54, 1.807) is 19.2 Å². The van der Waals surface area contributed by atoms with Crippen molar-refractivity contribution < 1.29 is 9.13 Å². The van der Waals surface area contributed by atoms with Crippen LogP contribution in [-0.4, -0.2) is 7.11 Å². The predicted octanol–water partition coefficient (Wildman–Crippen LogP) is 5.08. The Balaban J connectivity index is 2.30. The molecule has 2 aromatic rings. The average molecular weight is 338 g/mol. The van der Waals surface area contributed by atoms with Crippen LogP contribution in [0.25, 0.3) is 0 Å². The fraction of sp³-hybridized carbons (Fsp3) is 0.250. The summed E-state index contributed by atoms with van der Waals surface area (Å²) >= 11 is 3.35. The predicted molar refractivity (Wildman–Crippen MR) is 83.9 cm³/mol. The van der Waals surface area contributed by atoms with Crippen molar-refractivity contribution in [1.29, 1.82) is 0 Å². The van der Waals surface area contributed by atoms with E-state index in [-0.39, 0.29) is 11.9 Å². The zero-order chi connectivity index (χ0) is 14.7. The number of hydrogen-bond acceptors (Lipinski definition) is 2. The van der Waals surface area contributed by atoms with E-state index in [0.29, 0.717) is 5.69 Å². The molecule has 0 heterocycles. The van der Waals surface area contributed by atoms with Crippen LogP contribution in [0.5, 0.6) is 5.75 Å². The first-order valence-electron chi connectivity index (χ1n) is 6.37. The van der Waals surface area contributed by atoms with Crippen LogP contribution in [0.4, 0.5) is 10.1 Å². The number of aryl methyl sites for hydroxylation is 1. The van der Waals surface area contributed by atoms with Crippen molar-refractivity contribution in [3.8, 4) is 5.75 Å². The number of anilines is 1. The van der Waals surface area contributed by atoms with E-state index >= 15 is 0 Å². The fourth-order valence-corrected chi connectivity index (χ4v) is 2.47. The molecule has 0 aromatic heterocycles. The van der Waals surface area contributed by atoms with Crippen LogP contribution >= 0.6 is 15.9 Å². The Hall–Kier alpha value is -1.55. The molecule has 1 N–H and O–H groups in total. The molecule has 0 aliphatic rings. The molecule has 4 heteroatoms. The van der Waals surface area contributed by atoms with Gasteiger partial charge in [-0.25, -0.2) is 4.39 Å². The lowest BCUT2D eigenvalue weighted by Gasteiger charge is -2.19. The van der Waals surface area contributed by atoms with E-state index < -0.39 is 0 Å². The van der Waals surface area contributed by atoms with Crippen molar-refractivity contribution in [2.24, 2.45) is 0 Å². The van der Waals surface area contributed by atoms with Gasteiger partial charge in [0, 0.05) is 10.0 Å². The maximum atomic E-state index is 13.8. The van der Waals surface area contributed by atoms with Crippen LogP contribution in [0.3, 0.4) is 0 Å². The topological polar surface area (TPSA) is 21.3 Å². The van der Waals surface area contributed by atoms with Gasteiger partial charge in [-0.15, -0.1) is 0 Å². The quantitative estimate of drug-likeness (QED) is 0.840. The molecule has 0 spiro atoms. The van der Waals surface area contributed by atoms with Crippen LogP contribution in [0.1, 0.15) is 24.1 Å². The molecular formula is C16H17BrFNO. The van der Waals surface area contributed by atoms with Crippen LogP contribution < -0.4 is 10.1 Å². The highest BCUT2D eigenvalue weighted by Crippen LogP contribution is 2.30. The van der Waals surface area contributed by atoms with Gasteiger partial charge < -0.3 is 10.1 Å². The smallest absolute Gasteiger partial charge is 0.146 e. The second-order valence-corrected chi connectivity index (χ2v) is 5.65. The van der Waals surface area contributed by atoms with Gasteiger partial charge in [0.25, 0.3) is 0 Å². The summed E-state index contributed by atoms with van der Waals surface area (Å²) in [6, 6.07) is 10.8. The van der Waals surface area contributed by atoms with Gasteiger partial charge in [-0.1, -0.05) is 33.6 Å². The van der Waals surface area contributed by atoms with E-state index in [9.17, 15) is 4.39 Å². The van der Waals surface area contributed by atoms with Gasteiger partial charge in [0.1, 0.15) is 11.6 Å². The number of methoxy groups -OCH3 is 1. The highest BCUT2D eigenvalue weighted by Gasteiger charge is 2.13. The molecule has 0 aliphatic heterocycles. The van der Waals surface area contributed by atoms with Crippen molar-refractivity contribution >= 4 is 21.6 Å². The number of benzene rings is 2. The lowest BCUT2D eigenvalue weighted by molar-refractivity contribution is 0.407. The molecule has 0 fully saturated rings. The van der Waals surface area contributed by atoms with E-state index in [1.807, 2.05) is 32.0 Å². The minimum Gasteiger partial charge on any atom is -0.496 e. The first kappa shape index (κ1) is 14.9. The van der Waals surface area contributed by atoms with Crippen LogP contribution in [0.2, 0.25) is 0 Å². The summed E-state index contributed by atoms with van der Waals surface area (Å²) in [7, 11) is 1.64. The van der Waals surface area contributed by atoms with Crippen molar-refractivity contribution in [3.63, 3.8) is 0 Å². The summed E-state index contributed by atoms with van der Waals surface area (Å²) in [5.74, 6) is 0.526. The Bertz CT molecular complexity index is 615. The molecule has 106 valence electrons. The van der Waals surface area contributed by atoms with Gasteiger partial charge >= 0.3 is 0 Å². The van der Waals surface area contributed by atoms with Crippen molar-refractivity contribution in [2.45, 2.75) is 19.9 Å². The molecule has 2 nitrogen and oxygen atoms in total. The molecule has 1 atom stereocenters. The minimum absolute atomic E-state index is 0.0614. The minimum atomic E-state index is -0.272. The zero-order valence-electron chi connectivity index (χ0n) is 11.7. The van der Waals surface area contributed by atoms with Crippen LogP contribution in [0, 0.1) is 12.7 Å². The monoisotopic (exact) mass is 337 g/mol. The molecule has 1 unspecified atom stereocenters. The Labute approximate surface area is 127 Å². The SMILES string of the molecule is COc1ccc(C)cc1C(C)Nc1cc(Br)ccc1F. The molecule has 0 saturated carbocycles. The Kier molecular flexibility index (Phi) is 4.65. The van der Waals surface area contributed by atoms with Crippen LogP contribution in [-0.2, 0) is 0 Å². The van der Waals surface area contributed by atoms with Gasteiger partial charge in [0.2, 0.25) is 0 Å². The Morgan fingerprint density at radius 2 is 1.95 bits per heavy atom. The van der Waals surface area contributed by atoms with Gasteiger partial charge in [-0.05, 0) is 38.1 Å². The second kappa shape index (κ2) is 6.27. The Morgan fingerprint density at radius 3 is 2.65 bits per heavy atom. The van der Waals surface area contributed by atoms with Gasteiger partial charge in [-0.2, -0.15) is 0 Å². The molecule has 0 bridgehead atoms. The maximum absolute atomic E-state index is 13.8.